The summed E-state index contributed by atoms with van der Waals surface area (Å²) in [7, 11) is 0. The van der Waals surface area contributed by atoms with Crippen molar-refractivity contribution in [3.05, 3.63) is 52.5 Å². The van der Waals surface area contributed by atoms with E-state index in [1.165, 1.54) is 12.1 Å². The Labute approximate surface area is 132 Å². The highest BCUT2D eigenvalue weighted by Gasteiger charge is 2.17. The highest BCUT2D eigenvalue weighted by Crippen LogP contribution is 2.32. The van der Waals surface area contributed by atoms with Crippen LogP contribution in [0.25, 0.3) is 0 Å². The molecule has 1 unspecified atom stereocenters. The first kappa shape index (κ1) is 15.5. The molecule has 3 N–H and O–H groups in total. The number of nitrogens with one attached hydrogen (secondary N) is 1. The van der Waals surface area contributed by atoms with Crippen molar-refractivity contribution >= 4 is 40.5 Å². The van der Waals surface area contributed by atoms with Crippen LogP contribution in [0.15, 0.2) is 42.5 Å². The average Bonchev–Trinajstić information content (AvgIpc) is 2.43. The van der Waals surface area contributed by atoms with E-state index in [-0.39, 0.29) is 10.9 Å². The summed E-state index contributed by atoms with van der Waals surface area (Å²) >= 11 is 11.9. The molecular weight excluding hydrogens is 311 g/mol. The predicted molar refractivity (Wildman–Crippen MR) is 86.0 cm³/mol. The molecule has 0 fully saturated rings. The maximum atomic E-state index is 12.1. The van der Waals surface area contributed by atoms with Gasteiger partial charge in [-0.15, -0.1) is 0 Å². The van der Waals surface area contributed by atoms with Crippen LogP contribution in [0, 0.1) is 0 Å². The van der Waals surface area contributed by atoms with Gasteiger partial charge in [-0.05, 0) is 31.2 Å². The Bertz CT molecular complexity index is 624. The number of carbonyl (C=O) groups is 1. The molecule has 6 heteroatoms. The second-order valence-corrected chi connectivity index (χ2v) is 5.26. The third-order valence-corrected chi connectivity index (χ3v) is 3.28. The van der Waals surface area contributed by atoms with Crippen molar-refractivity contribution in [2.24, 2.45) is 0 Å². The van der Waals surface area contributed by atoms with Gasteiger partial charge in [-0.2, -0.15) is 0 Å². The molecule has 0 aliphatic carbocycles. The van der Waals surface area contributed by atoms with Crippen LogP contribution in [0.4, 0.5) is 11.4 Å². The lowest BCUT2D eigenvalue weighted by atomic mass is 10.2. The van der Waals surface area contributed by atoms with E-state index >= 15 is 0 Å². The van der Waals surface area contributed by atoms with E-state index in [2.05, 4.69) is 5.32 Å². The molecular formula is C15H14Cl2N2O2. The Morgan fingerprint density at radius 3 is 2.52 bits per heavy atom. The summed E-state index contributed by atoms with van der Waals surface area (Å²) in [4.78, 5) is 12.1. The summed E-state index contributed by atoms with van der Waals surface area (Å²) in [6.45, 7) is 1.64. The monoisotopic (exact) mass is 324 g/mol. The molecule has 0 aliphatic heterocycles. The van der Waals surface area contributed by atoms with Crippen molar-refractivity contribution in [2.45, 2.75) is 13.0 Å². The Morgan fingerprint density at radius 2 is 1.90 bits per heavy atom. The van der Waals surface area contributed by atoms with Crippen LogP contribution in [0.1, 0.15) is 6.92 Å². The van der Waals surface area contributed by atoms with Crippen molar-refractivity contribution in [2.75, 3.05) is 11.1 Å². The van der Waals surface area contributed by atoms with Gasteiger partial charge < -0.3 is 15.8 Å². The minimum atomic E-state index is -0.696. The minimum Gasteiger partial charge on any atom is -0.481 e. The fraction of sp³-hybridized carbons (Fsp3) is 0.133. The number of rotatable bonds is 4. The smallest absolute Gasteiger partial charge is 0.265 e. The maximum Gasteiger partial charge on any atom is 0.265 e. The predicted octanol–water partition coefficient (Wildman–Crippen LogP) is 3.98. The standard InChI is InChI=1S/C15H14Cl2N2O2/c1-9(21-11-5-3-2-4-6-11)15(20)19-14-12(17)7-10(16)8-13(14)18/h2-9H,18H2,1H3,(H,19,20). The van der Waals surface area contributed by atoms with Crippen LogP contribution in [0.5, 0.6) is 5.75 Å². The molecule has 2 aromatic carbocycles. The van der Waals surface area contributed by atoms with Gasteiger partial charge in [-0.1, -0.05) is 41.4 Å². The zero-order valence-corrected chi connectivity index (χ0v) is 12.8. The molecule has 1 amide bonds. The van der Waals surface area contributed by atoms with Gasteiger partial charge in [0.15, 0.2) is 6.10 Å². The number of nitrogens with two attached hydrogens (primary N) is 1. The van der Waals surface area contributed by atoms with Crippen LogP contribution < -0.4 is 15.8 Å². The summed E-state index contributed by atoms with van der Waals surface area (Å²) in [6, 6.07) is 12.1. The zero-order valence-electron chi connectivity index (χ0n) is 11.3. The van der Waals surface area contributed by atoms with E-state index in [0.29, 0.717) is 22.1 Å². The van der Waals surface area contributed by atoms with E-state index in [0.717, 1.165) is 0 Å². The number of hydrogen-bond donors (Lipinski definition) is 2. The normalized spacial score (nSPS) is 11.8. The Morgan fingerprint density at radius 1 is 1.24 bits per heavy atom. The third kappa shape index (κ3) is 4.03. The number of hydrogen-bond acceptors (Lipinski definition) is 3. The number of amides is 1. The highest BCUT2D eigenvalue weighted by molar-refractivity contribution is 6.37. The van der Waals surface area contributed by atoms with Gasteiger partial charge in [-0.25, -0.2) is 0 Å². The second kappa shape index (κ2) is 6.70. The lowest BCUT2D eigenvalue weighted by Gasteiger charge is -2.16. The third-order valence-electron chi connectivity index (χ3n) is 2.76. The summed E-state index contributed by atoms with van der Waals surface area (Å²) in [5.74, 6) is 0.255. The lowest BCUT2D eigenvalue weighted by Crippen LogP contribution is -2.30. The molecule has 0 bridgehead atoms. The molecule has 21 heavy (non-hydrogen) atoms. The molecule has 4 nitrogen and oxygen atoms in total. The summed E-state index contributed by atoms with van der Waals surface area (Å²) in [6.07, 6.45) is -0.696. The Hall–Kier alpha value is -1.91. The molecule has 2 rings (SSSR count). The van der Waals surface area contributed by atoms with Gasteiger partial charge in [0, 0.05) is 5.02 Å². The van der Waals surface area contributed by atoms with E-state index in [1.807, 2.05) is 18.2 Å². The average molecular weight is 325 g/mol. The summed E-state index contributed by atoms with van der Waals surface area (Å²) in [5, 5.41) is 3.33. The Kier molecular flexibility index (Phi) is 4.94. The number of anilines is 2. The van der Waals surface area contributed by atoms with Crippen molar-refractivity contribution < 1.29 is 9.53 Å². The number of nitrogen functional groups attached to an aromatic ring is 1. The first-order valence-electron chi connectivity index (χ1n) is 6.24. The molecule has 110 valence electrons. The quantitative estimate of drug-likeness (QED) is 0.836. The van der Waals surface area contributed by atoms with E-state index in [4.69, 9.17) is 33.7 Å². The number of halogens is 2. The van der Waals surface area contributed by atoms with Gasteiger partial charge in [0.25, 0.3) is 5.91 Å². The zero-order chi connectivity index (χ0) is 15.4. The Balaban J connectivity index is 2.08. The van der Waals surface area contributed by atoms with Gasteiger partial charge in [0.1, 0.15) is 5.75 Å². The van der Waals surface area contributed by atoms with Crippen LogP contribution in [0.2, 0.25) is 10.0 Å². The van der Waals surface area contributed by atoms with Crippen LogP contribution in [-0.2, 0) is 4.79 Å². The molecule has 0 spiro atoms. The van der Waals surface area contributed by atoms with Gasteiger partial charge >= 0.3 is 0 Å². The SMILES string of the molecule is CC(Oc1ccccc1)C(=O)Nc1c(N)cc(Cl)cc1Cl. The fourth-order valence-electron chi connectivity index (χ4n) is 1.71. The topological polar surface area (TPSA) is 64.3 Å². The molecule has 0 saturated heterocycles. The van der Waals surface area contributed by atoms with Gasteiger partial charge in [-0.3, -0.25) is 4.79 Å². The van der Waals surface area contributed by atoms with Crippen molar-refractivity contribution in [3.8, 4) is 5.75 Å². The molecule has 2 aromatic rings. The molecule has 0 heterocycles. The fourth-order valence-corrected chi connectivity index (χ4v) is 2.26. The van der Waals surface area contributed by atoms with Crippen LogP contribution in [-0.4, -0.2) is 12.0 Å². The van der Waals surface area contributed by atoms with Crippen molar-refractivity contribution in [1.29, 1.82) is 0 Å². The summed E-state index contributed by atoms with van der Waals surface area (Å²) < 4.78 is 5.53. The molecule has 0 saturated carbocycles. The van der Waals surface area contributed by atoms with E-state index in [1.54, 1.807) is 19.1 Å². The lowest BCUT2D eigenvalue weighted by molar-refractivity contribution is -0.122. The molecule has 0 aromatic heterocycles. The number of para-hydroxylation sites is 1. The van der Waals surface area contributed by atoms with Crippen LogP contribution >= 0.6 is 23.2 Å². The van der Waals surface area contributed by atoms with E-state index in [9.17, 15) is 4.79 Å². The summed E-state index contributed by atoms with van der Waals surface area (Å²) in [5.41, 5.74) is 6.43. The van der Waals surface area contributed by atoms with Crippen molar-refractivity contribution in [1.82, 2.24) is 0 Å². The first-order valence-corrected chi connectivity index (χ1v) is 7.00. The molecule has 0 radical (unpaired) electrons. The van der Waals surface area contributed by atoms with Gasteiger partial charge in [0.05, 0.1) is 16.4 Å². The second-order valence-electron chi connectivity index (χ2n) is 4.41. The van der Waals surface area contributed by atoms with Crippen LogP contribution in [0.3, 0.4) is 0 Å². The number of benzene rings is 2. The molecule has 0 aliphatic rings. The van der Waals surface area contributed by atoms with E-state index < -0.39 is 6.10 Å². The highest BCUT2D eigenvalue weighted by atomic mass is 35.5. The number of carbonyl (C=O) groups excluding carboxylic acids is 1. The minimum absolute atomic E-state index is 0.278. The number of ether oxygens (including phenoxy) is 1. The van der Waals surface area contributed by atoms with Gasteiger partial charge in [0.2, 0.25) is 0 Å². The molecule has 1 atom stereocenters. The van der Waals surface area contributed by atoms with Crippen molar-refractivity contribution in [3.63, 3.8) is 0 Å². The maximum absolute atomic E-state index is 12.1. The largest absolute Gasteiger partial charge is 0.481 e. The first-order chi connectivity index (χ1) is 9.97.